The Hall–Kier alpha value is -2.63. The van der Waals surface area contributed by atoms with Gasteiger partial charge in [-0.15, -0.1) is 0 Å². The lowest BCUT2D eigenvalue weighted by Crippen LogP contribution is -2.41. The minimum atomic E-state index is 0.152. The second kappa shape index (κ2) is 5.72. The van der Waals surface area contributed by atoms with Crippen molar-refractivity contribution in [2.45, 2.75) is 31.7 Å². The third kappa shape index (κ3) is 2.62. The number of H-pyrrole nitrogens is 1. The molecule has 0 unspecified atom stereocenters. The summed E-state index contributed by atoms with van der Waals surface area (Å²) < 4.78 is 0. The van der Waals surface area contributed by atoms with Crippen molar-refractivity contribution in [1.29, 1.82) is 0 Å². The summed E-state index contributed by atoms with van der Waals surface area (Å²) in [5.74, 6) is 0.401. The van der Waals surface area contributed by atoms with E-state index in [0.29, 0.717) is 6.04 Å². The standard InChI is InChI=1S/C19H21N5O/c25-19(23-13-1-2-13)12-5-9-24(10-6-12)16-4-8-20-15-11-22-18-14(17(15)16)3-7-21-18/h3-4,7-8,11-13H,1-2,5-6,9-10H2,(H,21,22)(H,23,25). The number of piperidine rings is 1. The number of aromatic nitrogens is 3. The molecule has 25 heavy (non-hydrogen) atoms. The maximum absolute atomic E-state index is 12.3. The third-order valence-corrected chi connectivity index (χ3v) is 5.40. The van der Waals surface area contributed by atoms with Crippen LogP contribution in [-0.2, 0) is 4.79 Å². The Morgan fingerprint density at radius 1 is 1.16 bits per heavy atom. The van der Waals surface area contributed by atoms with Gasteiger partial charge in [-0.05, 0) is 37.8 Å². The number of hydrogen-bond donors (Lipinski definition) is 2. The first kappa shape index (κ1) is 14.7. The smallest absolute Gasteiger partial charge is 0.223 e. The lowest BCUT2D eigenvalue weighted by molar-refractivity contribution is -0.125. The molecule has 0 aromatic carbocycles. The number of hydrogen-bond acceptors (Lipinski definition) is 4. The molecule has 2 N–H and O–H groups in total. The van der Waals surface area contributed by atoms with E-state index in [9.17, 15) is 4.79 Å². The van der Waals surface area contributed by atoms with Crippen molar-refractivity contribution in [1.82, 2.24) is 20.3 Å². The van der Waals surface area contributed by atoms with Crippen LogP contribution >= 0.6 is 0 Å². The van der Waals surface area contributed by atoms with Crippen LogP contribution in [0.5, 0.6) is 0 Å². The maximum atomic E-state index is 12.3. The molecule has 0 radical (unpaired) electrons. The van der Waals surface area contributed by atoms with Crippen LogP contribution < -0.4 is 10.2 Å². The zero-order chi connectivity index (χ0) is 16.8. The highest BCUT2D eigenvalue weighted by Crippen LogP contribution is 2.33. The summed E-state index contributed by atoms with van der Waals surface area (Å²) >= 11 is 0. The Labute approximate surface area is 145 Å². The normalized spacial score (nSPS) is 18.8. The van der Waals surface area contributed by atoms with Crippen LogP contribution in [0.3, 0.4) is 0 Å². The van der Waals surface area contributed by atoms with Crippen molar-refractivity contribution < 1.29 is 4.79 Å². The molecule has 128 valence electrons. The maximum Gasteiger partial charge on any atom is 0.223 e. The Kier molecular flexibility index (Phi) is 3.36. The zero-order valence-corrected chi connectivity index (χ0v) is 14.0. The molecule has 2 aliphatic rings. The molecule has 6 heteroatoms. The second-order valence-electron chi connectivity index (χ2n) is 7.13. The van der Waals surface area contributed by atoms with Gasteiger partial charge in [0.15, 0.2) is 0 Å². The van der Waals surface area contributed by atoms with E-state index >= 15 is 0 Å². The molecule has 5 rings (SSSR count). The van der Waals surface area contributed by atoms with Gasteiger partial charge in [0.25, 0.3) is 0 Å². The van der Waals surface area contributed by atoms with E-state index in [0.717, 1.165) is 60.7 Å². The quantitative estimate of drug-likeness (QED) is 0.771. The van der Waals surface area contributed by atoms with Crippen molar-refractivity contribution in [3.8, 4) is 0 Å². The highest BCUT2D eigenvalue weighted by atomic mass is 16.2. The highest BCUT2D eigenvalue weighted by Gasteiger charge is 2.30. The second-order valence-corrected chi connectivity index (χ2v) is 7.13. The average molecular weight is 335 g/mol. The first-order valence-corrected chi connectivity index (χ1v) is 9.06. The lowest BCUT2D eigenvalue weighted by atomic mass is 9.95. The molecule has 3 aromatic heterocycles. The summed E-state index contributed by atoms with van der Waals surface area (Å²) in [5, 5.41) is 5.40. The summed E-state index contributed by atoms with van der Waals surface area (Å²) in [5.41, 5.74) is 3.00. The van der Waals surface area contributed by atoms with E-state index in [1.165, 1.54) is 5.69 Å². The first-order valence-electron chi connectivity index (χ1n) is 9.06. The number of anilines is 1. The topological polar surface area (TPSA) is 73.9 Å². The predicted molar refractivity (Wildman–Crippen MR) is 97.5 cm³/mol. The predicted octanol–water partition coefficient (Wildman–Crippen LogP) is 2.61. The third-order valence-electron chi connectivity index (χ3n) is 5.40. The van der Waals surface area contributed by atoms with Crippen molar-refractivity contribution in [2.24, 2.45) is 5.92 Å². The number of carbonyl (C=O) groups is 1. The number of nitrogens with zero attached hydrogens (tertiary/aromatic N) is 3. The molecule has 0 atom stereocenters. The monoisotopic (exact) mass is 335 g/mol. The summed E-state index contributed by atoms with van der Waals surface area (Å²) in [4.78, 5) is 26.8. The van der Waals surface area contributed by atoms with Gasteiger partial charge in [0.05, 0.1) is 11.7 Å². The van der Waals surface area contributed by atoms with E-state index in [1.807, 2.05) is 18.6 Å². The van der Waals surface area contributed by atoms with E-state index in [2.05, 4.69) is 37.3 Å². The SMILES string of the molecule is O=C(NC1CC1)C1CCN(c2ccnc3cnc4[nH]ccc4c23)CC1. The van der Waals surface area contributed by atoms with Gasteiger partial charge in [-0.3, -0.25) is 9.78 Å². The number of pyridine rings is 2. The van der Waals surface area contributed by atoms with Gasteiger partial charge in [-0.25, -0.2) is 4.98 Å². The van der Waals surface area contributed by atoms with Crippen LogP contribution in [0.1, 0.15) is 25.7 Å². The number of fused-ring (bicyclic) bond motifs is 3. The first-order chi connectivity index (χ1) is 12.3. The molecule has 1 aliphatic heterocycles. The molecule has 1 aliphatic carbocycles. The minimum absolute atomic E-state index is 0.152. The highest BCUT2D eigenvalue weighted by molar-refractivity contribution is 6.10. The van der Waals surface area contributed by atoms with Crippen molar-refractivity contribution in [3.63, 3.8) is 0 Å². The summed E-state index contributed by atoms with van der Waals surface area (Å²) in [6, 6.07) is 4.59. The summed E-state index contributed by atoms with van der Waals surface area (Å²) in [6.07, 6.45) is 9.70. The average Bonchev–Trinajstić information content (AvgIpc) is 3.33. The zero-order valence-electron chi connectivity index (χ0n) is 14.0. The van der Waals surface area contributed by atoms with Crippen molar-refractivity contribution in [2.75, 3.05) is 18.0 Å². The molecule has 1 amide bonds. The molecule has 4 heterocycles. The number of nitrogens with one attached hydrogen (secondary N) is 2. The van der Waals surface area contributed by atoms with Crippen LogP contribution in [0.25, 0.3) is 21.9 Å². The van der Waals surface area contributed by atoms with Crippen LogP contribution in [0.15, 0.2) is 30.7 Å². The van der Waals surface area contributed by atoms with Gasteiger partial charge < -0.3 is 15.2 Å². The van der Waals surface area contributed by atoms with Gasteiger partial charge in [0.2, 0.25) is 5.91 Å². The largest absolute Gasteiger partial charge is 0.371 e. The number of amides is 1. The fourth-order valence-electron chi connectivity index (χ4n) is 3.83. The van der Waals surface area contributed by atoms with Crippen molar-refractivity contribution in [3.05, 3.63) is 30.7 Å². The van der Waals surface area contributed by atoms with Gasteiger partial charge in [-0.2, -0.15) is 0 Å². The number of carbonyl (C=O) groups excluding carboxylic acids is 1. The van der Waals surface area contributed by atoms with E-state index in [-0.39, 0.29) is 11.8 Å². The molecule has 6 nitrogen and oxygen atoms in total. The Balaban J connectivity index is 1.42. The van der Waals surface area contributed by atoms with E-state index in [1.54, 1.807) is 0 Å². The lowest BCUT2D eigenvalue weighted by Gasteiger charge is -2.33. The van der Waals surface area contributed by atoms with Gasteiger partial charge >= 0.3 is 0 Å². The van der Waals surface area contributed by atoms with Gasteiger partial charge in [0, 0.05) is 53.9 Å². The van der Waals surface area contributed by atoms with Crippen molar-refractivity contribution >= 4 is 33.5 Å². The van der Waals surface area contributed by atoms with Gasteiger partial charge in [0.1, 0.15) is 5.65 Å². The molecule has 0 spiro atoms. The number of rotatable bonds is 3. The molecular weight excluding hydrogens is 314 g/mol. The van der Waals surface area contributed by atoms with E-state index < -0.39 is 0 Å². The Morgan fingerprint density at radius 2 is 2.00 bits per heavy atom. The molecule has 0 bridgehead atoms. The Morgan fingerprint density at radius 3 is 2.80 bits per heavy atom. The molecule has 2 fully saturated rings. The van der Waals surface area contributed by atoms with Crippen LogP contribution in [0.2, 0.25) is 0 Å². The molecule has 1 saturated heterocycles. The summed E-state index contributed by atoms with van der Waals surface area (Å²) in [7, 11) is 0. The number of aromatic amines is 1. The van der Waals surface area contributed by atoms with Gasteiger partial charge in [-0.1, -0.05) is 0 Å². The van der Waals surface area contributed by atoms with E-state index in [4.69, 9.17) is 0 Å². The van der Waals surface area contributed by atoms with Crippen LogP contribution in [0.4, 0.5) is 5.69 Å². The van der Waals surface area contributed by atoms with Crippen LogP contribution in [0, 0.1) is 5.92 Å². The summed E-state index contributed by atoms with van der Waals surface area (Å²) in [6.45, 7) is 1.80. The Bertz CT molecular complexity index is 937. The molecule has 1 saturated carbocycles. The fourth-order valence-corrected chi connectivity index (χ4v) is 3.83. The van der Waals surface area contributed by atoms with Crippen LogP contribution in [-0.4, -0.2) is 40.0 Å². The molecule has 3 aromatic rings. The molecular formula is C19H21N5O. The minimum Gasteiger partial charge on any atom is -0.371 e. The fraction of sp³-hybridized carbons (Fsp3) is 0.421.